The molecule has 2 aromatic heterocycles. The van der Waals surface area contributed by atoms with Crippen molar-refractivity contribution in [1.29, 1.82) is 0 Å². The van der Waals surface area contributed by atoms with E-state index in [1.807, 2.05) is 59.9 Å². The van der Waals surface area contributed by atoms with Gasteiger partial charge < -0.3 is 71.6 Å². The number of Topliss-reactive ketones (excluding diaryl/α,β-unsaturated/α-hetero) is 2. The lowest BCUT2D eigenvalue weighted by atomic mass is 9.80. The summed E-state index contributed by atoms with van der Waals surface area (Å²) in [4.78, 5) is 122. The van der Waals surface area contributed by atoms with Gasteiger partial charge in [0.05, 0.1) is 115 Å². The van der Waals surface area contributed by atoms with Crippen LogP contribution in [0.25, 0.3) is 9.75 Å². The van der Waals surface area contributed by atoms with Crippen LogP contribution in [0.3, 0.4) is 0 Å². The minimum Gasteiger partial charge on any atom is -0.497 e. The van der Waals surface area contributed by atoms with Crippen LogP contribution in [0.15, 0.2) is 189 Å². The molecule has 2 aliphatic carbocycles. The molecule has 126 heavy (non-hydrogen) atoms. The van der Waals surface area contributed by atoms with Crippen LogP contribution >= 0.6 is 34.4 Å². The SMILES string of the molecule is C=CC(=O)OCCCCCCOC(=O)c1ccc(OC)cc1.C=CC(=O)OCCCCCCOc1ccc(OC)cc1.C=CC(=O)OCCCCOC(=O)c1ccc(OC)cc1.C=CC(=O)OCCCCOc1ccc(OC)cc1.CCCc1ccc(-c2ccc(C3Nc4c(OC(=O)C5CCC(C(C)=O)CC5)ccc(OC(=O)C5CCC(C(C)=O)CC5)c4S3)s2)s1. The van der Waals surface area contributed by atoms with E-state index in [0.29, 0.717) is 150 Å². The summed E-state index contributed by atoms with van der Waals surface area (Å²) in [6, 6.07) is 40.6. The molecule has 0 radical (unpaired) electrons. The fraction of sp³-hybridized carbons (Fsp3) is 0.429. The lowest BCUT2D eigenvalue weighted by Crippen LogP contribution is -2.28. The first-order valence-electron chi connectivity index (χ1n) is 42.6. The van der Waals surface area contributed by atoms with Gasteiger partial charge in [0, 0.05) is 55.6 Å². The fourth-order valence-corrected chi connectivity index (χ4v) is 16.4. The predicted octanol–water partition coefficient (Wildman–Crippen LogP) is 20.7. The highest BCUT2D eigenvalue weighted by Crippen LogP contribution is 2.56. The summed E-state index contributed by atoms with van der Waals surface area (Å²) in [6.45, 7) is 22.2. The highest BCUT2D eigenvalue weighted by Gasteiger charge is 2.36. The normalized spacial score (nSPS) is 15.0. The number of hydrogen-bond donors (Lipinski definition) is 1. The van der Waals surface area contributed by atoms with Gasteiger partial charge >= 0.3 is 47.8 Å². The number of fused-ring (bicyclic) bond motifs is 1. The smallest absolute Gasteiger partial charge is 0.338 e. The van der Waals surface area contributed by atoms with Gasteiger partial charge in [-0.1, -0.05) is 51.4 Å². The van der Waals surface area contributed by atoms with E-state index in [4.69, 9.17) is 66.3 Å². The summed E-state index contributed by atoms with van der Waals surface area (Å²) >= 11 is 5.13. The third-order valence-corrected chi connectivity index (χ3v) is 24.0. The van der Waals surface area contributed by atoms with E-state index in [2.05, 4.69) is 62.8 Å². The summed E-state index contributed by atoms with van der Waals surface area (Å²) in [5.74, 6) is 2.64. The van der Waals surface area contributed by atoms with E-state index >= 15 is 0 Å². The largest absolute Gasteiger partial charge is 0.497 e. The molecule has 1 N–H and O–H groups in total. The van der Waals surface area contributed by atoms with Crippen molar-refractivity contribution in [3.8, 4) is 55.8 Å². The molecule has 25 nitrogen and oxygen atoms in total. The molecule has 1 unspecified atom stereocenters. The Morgan fingerprint density at radius 2 is 0.683 bits per heavy atom. The number of aryl methyl sites for hydroxylation is 1. The molecule has 3 aliphatic rings. The van der Waals surface area contributed by atoms with Crippen LogP contribution in [0.1, 0.15) is 191 Å². The maximum Gasteiger partial charge on any atom is 0.338 e. The van der Waals surface area contributed by atoms with Crippen LogP contribution in [0.4, 0.5) is 5.69 Å². The molecule has 2 fully saturated rings. The van der Waals surface area contributed by atoms with Crippen LogP contribution in [0, 0.1) is 23.7 Å². The molecule has 1 aliphatic heterocycles. The van der Waals surface area contributed by atoms with Crippen molar-refractivity contribution >= 4 is 99.4 Å². The molecule has 10 rings (SSSR count). The maximum absolute atomic E-state index is 13.3. The van der Waals surface area contributed by atoms with Gasteiger partial charge in [0.1, 0.15) is 57.2 Å². The van der Waals surface area contributed by atoms with Gasteiger partial charge in [-0.15, -0.1) is 22.7 Å². The Bertz CT molecular complexity index is 4460. The van der Waals surface area contributed by atoms with Gasteiger partial charge in [-0.05, 0) is 282 Å². The van der Waals surface area contributed by atoms with Crippen LogP contribution in [0.2, 0.25) is 0 Å². The number of ether oxygens (including phenoxy) is 14. The number of methoxy groups -OCH3 is 4. The molecule has 0 spiro atoms. The number of thiophene rings is 2. The van der Waals surface area contributed by atoms with Crippen molar-refractivity contribution in [3.63, 3.8) is 0 Å². The third-order valence-electron chi connectivity index (χ3n) is 20.1. The zero-order valence-electron chi connectivity index (χ0n) is 73.5. The van der Waals surface area contributed by atoms with Crippen LogP contribution < -0.4 is 43.2 Å². The van der Waals surface area contributed by atoms with E-state index in [1.165, 1.54) is 20.7 Å². The lowest BCUT2D eigenvalue weighted by molar-refractivity contribution is -0.142. The van der Waals surface area contributed by atoms with E-state index < -0.39 is 11.9 Å². The molecule has 5 aromatic carbocycles. The molecular weight excluding hydrogens is 1670 g/mol. The number of unbranched alkanes of at least 4 members (excludes halogenated alkanes) is 8. The molecule has 2 saturated carbocycles. The standard InChI is InChI=1S/C36H41NO6S3.C17H22O5.C16H22O4.C15H18O5.C14H18O4/c1-4-5-26-14-17-29(44-26)30-18-19-31(45-30)34-37-32-27(42-35(40)24-10-6-22(7-11-24)20(2)38)15-16-28(33(32)46-34)43-36(41)25-12-8-23(9-13-25)21(3)39;1-3-16(18)21-12-6-4-5-7-13-22-17(19)14-8-10-15(20-2)11-9-14;1-3-16(17)20-13-7-5-4-6-12-19-15-10-8-14(18-2)9-11-15;1-3-14(16)19-10-4-5-11-20-15(17)12-6-8-13(18-2)9-7-12;1-3-14(15)18-11-5-4-10-17-13-8-6-12(16-2)7-9-13/h14-19,22-25,34,37H,4-13H2,1-3H3;3,8-11H,1,4-7,12-13H2,2H3;3,8-11H,1,4-7,12-13H2,2H3;3,6-9H,1,4-5,10-11H2,2H3;3,6-9H,1,4-5,10-11H2,2H3. The van der Waals surface area contributed by atoms with Crippen LogP contribution in [0.5, 0.6) is 46.0 Å². The number of thioether (sulfide) groups is 1. The second-order valence-electron chi connectivity index (χ2n) is 29.3. The monoisotopic (exact) mass is 1790 g/mol. The van der Waals surface area contributed by atoms with Crippen molar-refractivity contribution < 1.29 is 114 Å². The number of ketones is 2. The average Bonchev–Trinajstić information content (AvgIpc) is 1.62. The Kier molecular flexibility index (Phi) is 48.7. The minimum absolute atomic E-state index is 0.0294. The summed E-state index contributed by atoms with van der Waals surface area (Å²) in [5, 5.41) is 3.44. The summed E-state index contributed by atoms with van der Waals surface area (Å²) in [5.41, 5.74) is 1.64. The molecule has 3 heterocycles. The number of carbonyl (C=O) groups excluding carboxylic acids is 10. The Hall–Kier alpha value is -11.5. The molecule has 1 atom stereocenters. The molecule has 0 bridgehead atoms. The van der Waals surface area contributed by atoms with E-state index in [9.17, 15) is 47.9 Å². The summed E-state index contributed by atoms with van der Waals surface area (Å²) in [6.07, 6.45) is 22.4. The number of benzene rings is 5. The Labute approximate surface area is 752 Å². The highest BCUT2D eigenvalue weighted by molar-refractivity contribution is 8.00. The summed E-state index contributed by atoms with van der Waals surface area (Å²) < 4.78 is 73.0. The van der Waals surface area contributed by atoms with Crippen LogP contribution in [-0.2, 0) is 73.2 Å². The second kappa shape index (κ2) is 59.4. The number of esters is 8. The number of nitrogens with one attached hydrogen (secondary N) is 1. The molecule has 680 valence electrons. The van der Waals surface area contributed by atoms with E-state index in [0.717, 1.165) is 128 Å². The maximum atomic E-state index is 13.3. The quantitative estimate of drug-likeness (QED) is 0.0122. The Morgan fingerprint density at radius 1 is 0.365 bits per heavy atom. The van der Waals surface area contributed by atoms with Gasteiger partial charge in [0.25, 0.3) is 0 Å². The van der Waals surface area contributed by atoms with E-state index in [-0.39, 0.29) is 83.0 Å². The molecular formula is C98H121NO24S3. The number of rotatable bonds is 46. The van der Waals surface area contributed by atoms with Gasteiger partial charge in [-0.3, -0.25) is 19.2 Å². The predicted molar refractivity (Wildman–Crippen MR) is 487 cm³/mol. The molecule has 28 heteroatoms. The Balaban J connectivity index is 0.000000261. The second-order valence-corrected chi connectivity index (χ2v) is 32.7. The van der Waals surface area contributed by atoms with Crippen molar-refractivity contribution in [2.24, 2.45) is 23.7 Å². The molecule has 0 amide bonds. The van der Waals surface area contributed by atoms with E-state index in [1.54, 1.807) is 126 Å². The first kappa shape index (κ1) is 103. The number of anilines is 1. The van der Waals surface area contributed by atoms with Crippen molar-refractivity contribution in [2.45, 2.75) is 172 Å². The van der Waals surface area contributed by atoms with Gasteiger partial charge in [-0.2, -0.15) is 0 Å². The van der Waals surface area contributed by atoms with Crippen molar-refractivity contribution in [2.75, 3.05) is 86.6 Å². The molecule has 0 saturated heterocycles. The third kappa shape index (κ3) is 38.5. The number of hydrogen-bond acceptors (Lipinski definition) is 28. The van der Waals surface area contributed by atoms with Gasteiger partial charge in [0.15, 0.2) is 5.75 Å². The van der Waals surface area contributed by atoms with Gasteiger partial charge in [0.2, 0.25) is 0 Å². The molecule has 7 aromatic rings. The highest BCUT2D eigenvalue weighted by atomic mass is 32.2. The first-order valence-corrected chi connectivity index (χ1v) is 45.1. The topological polar surface area (TPSA) is 312 Å². The average molecular weight is 1790 g/mol. The number of carbonyl (C=O) groups is 10. The lowest BCUT2D eigenvalue weighted by Gasteiger charge is -2.26. The van der Waals surface area contributed by atoms with Crippen molar-refractivity contribution in [3.05, 3.63) is 205 Å². The summed E-state index contributed by atoms with van der Waals surface area (Å²) in [7, 11) is 6.40. The Morgan fingerprint density at radius 3 is 1.06 bits per heavy atom. The zero-order chi connectivity index (χ0) is 91.2. The zero-order valence-corrected chi connectivity index (χ0v) is 75.9. The van der Waals surface area contributed by atoms with Gasteiger partial charge in [-0.25, -0.2) is 28.8 Å². The minimum atomic E-state index is -0.444. The fourth-order valence-electron chi connectivity index (χ4n) is 12.9. The first-order chi connectivity index (χ1) is 61.0. The van der Waals surface area contributed by atoms with Crippen LogP contribution in [-0.4, -0.2) is 141 Å². The van der Waals surface area contributed by atoms with Crippen molar-refractivity contribution in [1.82, 2.24) is 0 Å².